The van der Waals surface area contributed by atoms with E-state index >= 15 is 0 Å². The van der Waals surface area contributed by atoms with E-state index in [1.165, 1.54) is 16.4 Å². The number of nitro benzene ring substituents is 1. The lowest BCUT2D eigenvalue weighted by molar-refractivity contribution is -0.384. The maximum Gasteiger partial charge on any atom is 0.412 e. The van der Waals surface area contributed by atoms with Crippen molar-refractivity contribution in [3.8, 4) is 11.1 Å². The van der Waals surface area contributed by atoms with Crippen molar-refractivity contribution in [3.63, 3.8) is 0 Å². The molecule has 1 fully saturated rings. The smallest absolute Gasteiger partial charge is 0.412 e. The molecule has 0 aliphatic carbocycles. The Morgan fingerprint density at radius 3 is 2.10 bits per heavy atom. The van der Waals surface area contributed by atoms with Gasteiger partial charge in [0.25, 0.3) is 5.69 Å². The minimum Gasteiger partial charge on any atom is -0.481 e. The molecule has 13 heteroatoms. The van der Waals surface area contributed by atoms with Crippen LogP contribution < -0.4 is 11.1 Å². The highest BCUT2D eigenvalue weighted by molar-refractivity contribution is 7.89. The number of carboxylic acids is 1. The topological polar surface area (TPSA) is 182 Å². The number of anilines is 2. The summed E-state index contributed by atoms with van der Waals surface area (Å²) in [6.07, 6.45) is 0.0185. The number of nitrogen functional groups attached to an aromatic ring is 1. The van der Waals surface area contributed by atoms with Crippen molar-refractivity contribution >= 4 is 39.1 Å². The van der Waals surface area contributed by atoms with E-state index in [1.54, 1.807) is 6.07 Å². The van der Waals surface area contributed by atoms with Crippen LogP contribution in [-0.2, 0) is 19.6 Å². The van der Waals surface area contributed by atoms with E-state index < -0.39 is 38.5 Å². The van der Waals surface area contributed by atoms with E-state index in [4.69, 9.17) is 15.6 Å². The van der Waals surface area contributed by atoms with E-state index in [1.807, 2.05) is 63.2 Å². The van der Waals surface area contributed by atoms with Gasteiger partial charge in [-0.3, -0.25) is 20.2 Å². The molecule has 0 unspecified atom stereocenters. The Hall–Kier alpha value is -4.49. The Kier molecular flexibility index (Phi) is 10.3. The normalized spacial score (nSPS) is 14.3. The van der Waals surface area contributed by atoms with Crippen molar-refractivity contribution in [2.24, 2.45) is 5.92 Å². The van der Waals surface area contributed by atoms with E-state index in [0.717, 1.165) is 23.3 Å². The van der Waals surface area contributed by atoms with Crippen molar-refractivity contribution in [2.45, 2.75) is 44.1 Å². The maximum absolute atomic E-state index is 12.4. The molecule has 3 aromatic rings. The van der Waals surface area contributed by atoms with Gasteiger partial charge in [0, 0.05) is 25.2 Å². The highest BCUT2D eigenvalue weighted by Gasteiger charge is 2.32. The molecule has 12 nitrogen and oxygen atoms in total. The first-order valence-electron chi connectivity index (χ1n) is 13.1. The van der Waals surface area contributed by atoms with Gasteiger partial charge in [-0.2, -0.15) is 4.31 Å². The number of carbonyl (C=O) groups is 2. The number of carbonyl (C=O) groups excluding carboxylic acids is 1. The lowest BCUT2D eigenvalue weighted by Gasteiger charge is -2.29. The third kappa shape index (κ3) is 8.75. The summed E-state index contributed by atoms with van der Waals surface area (Å²) in [7, 11) is -3.74. The second-order valence-corrected chi connectivity index (χ2v) is 12.5. The number of rotatable bonds is 6. The molecule has 1 saturated heterocycles. The van der Waals surface area contributed by atoms with Crippen molar-refractivity contribution in [1.29, 1.82) is 0 Å². The average Bonchev–Trinajstić information content (AvgIpc) is 2.94. The summed E-state index contributed by atoms with van der Waals surface area (Å²) in [6, 6.07) is 20.1. The summed E-state index contributed by atoms with van der Waals surface area (Å²) < 4.78 is 31.1. The zero-order chi connectivity index (χ0) is 31.1. The molecule has 4 N–H and O–H groups in total. The number of hydrogen-bond donors (Lipinski definition) is 3. The number of benzene rings is 3. The van der Waals surface area contributed by atoms with Crippen molar-refractivity contribution in [1.82, 2.24) is 4.31 Å². The van der Waals surface area contributed by atoms with Crippen LogP contribution in [0.15, 0.2) is 77.7 Å². The van der Waals surface area contributed by atoms with Gasteiger partial charge in [0.05, 0.1) is 27.1 Å². The fraction of sp³-hybridized carbons (Fsp3) is 0.310. The van der Waals surface area contributed by atoms with Crippen LogP contribution in [0.2, 0.25) is 0 Å². The summed E-state index contributed by atoms with van der Waals surface area (Å²) in [5.41, 5.74) is 8.41. The zero-order valence-electron chi connectivity index (χ0n) is 23.5. The number of hydrogen-bond acceptors (Lipinski definition) is 8. The SMILES string of the molecule is CC(C)(C)OC(=O)Nc1ccc(-c2ccccc2)cc1N.O=C(O)C1CCN(S(=O)(=O)c2ccc([N+](=O)[O-])cc2)CC1. The van der Waals surface area contributed by atoms with E-state index in [2.05, 4.69) is 5.32 Å². The van der Waals surface area contributed by atoms with Gasteiger partial charge >= 0.3 is 12.1 Å². The number of ether oxygens (including phenoxy) is 1. The number of nitrogens with one attached hydrogen (secondary N) is 1. The molecule has 3 aromatic carbocycles. The fourth-order valence-corrected chi connectivity index (χ4v) is 5.60. The van der Waals surface area contributed by atoms with Crippen LogP contribution in [0.5, 0.6) is 0 Å². The van der Waals surface area contributed by atoms with Crippen molar-refractivity contribution < 1.29 is 32.8 Å². The van der Waals surface area contributed by atoms with Gasteiger partial charge in [0.1, 0.15) is 5.60 Å². The largest absolute Gasteiger partial charge is 0.481 e. The number of amides is 1. The van der Waals surface area contributed by atoms with Crippen LogP contribution in [0.25, 0.3) is 11.1 Å². The first-order valence-corrected chi connectivity index (χ1v) is 14.5. The van der Waals surface area contributed by atoms with Crippen molar-refractivity contribution in [3.05, 3.63) is 82.9 Å². The lowest BCUT2D eigenvalue weighted by atomic mass is 9.99. The minimum atomic E-state index is -3.74. The number of nitrogens with two attached hydrogens (primary N) is 1. The molecular formula is C29H34N4O8S. The second-order valence-electron chi connectivity index (χ2n) is 10.6. The molecule has 224 valence electrons. The molecular weight excluding hydrogens is 564 g/mol. The van der Waals surface area contributed by atoms with Crippen LogP contribution in [0.4, 0.5) is 21.9 Å². The zero-order valence-corrected chi connectivity index (χ0v) is 24.3. The molecule has 1 amide bonds. The summed E-state index contributed by atoms with van der Waals surface area (Å²) in [5, 5.41) is 22.1. The molecule has 0 saturated carbocycles. The van der Waals surface area contributed by atoms with Crippen LogP contribution in [-0.4, -0.2) is 53.5 Å². The third-order valence-electron chi connectivity index (χ3n) is 6.28. The predicted octanol–water partition coefficient (Wildman–Crippen LogP) is 5.36. The first-order chi connectivity index (χ1) is 19.7. The molecule has 0 spiro atoms. The molecule has 0 bridgehead atoms. The minimum absolute atomic E-state index is 0.0260. The van der Waals surface area contributed by atoms with Gasteiger partial charge in [-0.25, -0.2) is 13.2 Å². The van der Waals surface area contributed by atoms with Crippen LogP contribution in [0, 0.1) is 16.0 Å². The quantitative estimate of drug-likeness (QED) is 0.191. The van der Waals surface area contributed by atoms with Gasteiger partial charge in [0.2, 0.25) is 10.0 Å². The molecule has 4 rings (SSSR count). The van der Waals surface area contributed by atoms with Crippen LogP contribution >= 0.6 is 0 Å². The Bertz CT molecular complexity index is 1510. The molecule has 1 aliphatic rings. The summed E-state index contributed by atoms with van der Waals surface area (Å²) in [5.74, 6) is -1.43. The van der Waals surface area contributed by atoms with Gasteiger partial charge < -0.3 is 15.6 Å². The number of aliphatic carboxylic acids is 1. The first kappa shape index (κ1) is 32.0. The summed E-state index contributed by atoms with van der Waals surface area (Å²) in [4.78, 5) is 32.5. The highest BCUT2D eigenvalue weighted by atomic mass is 32.2. The van der Waals surface area contributed by atoms with Gasteiger partial charge in [0.15, 0.2) is 0 Å². The van der Waals surface area contributed by atoms with Gasteiger partial charge in [-0.1, -0.05) is 36.4 Å². The van der Waals surface area contributed by atoms with Gasteiger partial charge in [-0.15, -0.1) is 0 Å². The van der Waals surface area contributed by atoms with E-state index in [9.17, 15) is 28.1 Å². The Labute approximate surface area is 244 Å². The summed E-state index contributed by atoms with van der Waals surface area (Å²) >= 11 is 0. The van der Waals surface area contributed by atoms with Crippen molar-refractivity contribution in [2.75, 3.05) is 24.1 Å². The number of nitrogens with zero attached hydrogens (tertiary/aromatic N) is 2. The Morgan fingerprint density at radius 2 is 1.60 bits per heavy atom. The van der Waals surface area contributed by atoms with E-state index in [0.29, 0.717) is 11.4 Å². The number of sulfonamides is 1. The third-order valence-corrected chi connectivity index (χ3v) is 8.20. The number of piperidine rings is 1. The molecule has 42 heavy (non-hydrogen) atoms. The predicted molar refractivity (Wildman–Crippen MR) is 158 cm³/mol. The van der Waals surface area contributed by atoms with Crippen LogP contribution in [0.3, 0.4) is 0 Å². The Balaban J connectivity index is 0.000000230. The van der Waals surface area contributed by atoms with Crippen LogP contribution in [0.1, 0.15) is 33.6 Å². The number of non-ortho nitro benzene ring substituents is 1. The standard InChI is InChI=1S/C17H20N2O2.C12H14N2O6S/c1-17(2,3)21-16(20)19-15-10-9-13(11-14(15)18)12-7-5-4-6-8-12;15-12(16)9-5-7-13(8-6-9)21(19,20)11-3-1-10(2-4-11)14(17)18/h4-11H,18H2,1-3H3,(H,19,20);1-4,9H,5-8H2,(H,15,16). The average molecular weight is 599 g/mol. The molecule has 0 atom stereocenters. The van der Waals surface area contributed by atoms with Gasteiger partial charge in [-0.05, 0) is 69.0 Å². The molecule has 0 aromatic heterocycles. The number of carboxylic acid groups (broad SMARTS) is 1. The fourth-order valence-electron chi connectivity index (χ4n) is 4.13. The maximum atomic E-state index is 12.4. The number of nitro groups is 1. The molecule has 1 heterocycles. The lowest BCUT2D eigenvalue weighted by Crippen LogP contribution is -2.40. The monoisotopic (exact) mass is 598 g/mol. The molecule has 0 radical (unpaired) electrons. The highest BCUT2D eigenvalue weighted by Crippen LogP contribution is 2.28. The molecule has 1 aliphatic heterocycles. The summed E-state index contributed by atoms with van der Waals surface area (Å²) in [6.45, 7) is 5.71. The Morgan fingerprint density at radius 1 is 1.00 bits per heavy atom. The second kappa shape index (κ2) is 13.4. The van der Waals surface area contributed by atoms with E-state index in [-0.39, 0.29) is 36.5 Å².